The lowest BCUT2D eigenvalue weighted by Crippen LogP contribution is -2.54. The lowest BCUT2D eigenvalue weighted by molar-refractivity contribution is -0.114. The first-order valence-electron chi connectivity index (χ1n) is 11.1. The minimum absolute atomic E-state index is 0.106. The van der Waals surface area contributed by atoms with Gasteiger partial charge in [-0.25, -0.2) is 18.1 Å². The summed E-state index contributed by atoms with van der Waals surface area (Å²) in [6.45, 7) is 5.45. The van der Waals surface area contributed by atoms with Crippen molar-refractivity contribution in [3.63, 3.8) is 0 Å². The summed E-state index contributed by atoms with van der Waals surface area (Å²) in [6, 6.07) is 16.9. The van der Waals surface area contributed by atoms with E-state index in [1.807, 2.05) is 6.07 Å². The molecular formula is C23H30N6O3S. The second-order valence-corrected chi connectivity index (χ2v) is 10.1. The molecule has 33 heavy (non-hydrogen) atoms. The third-order valence-corrected chi connectivity index (χ3v) is 7.25. The second kappa shape index (κ2) is 10.3. The molecule has 0 aromatic heterocycles. The van der Waals surface area contributed by atoms with E-state index in [2.05, 4.69) is 54.4 Å². The minimum Gasteiger partial charge on any atom is -0.343 e. The van der Waals surface area contributed by atoms with Crippen LogP contribution in [0.15, 0.2) is 64.5 Å². The number of guanidine groups is 1. The number of sulfonamides is 1. The van der Waals surface area contributed by atoms with E-state index in [1.165, 1.54) is 24.6 Å². The van der Waals surface area contributed by atoms with Crippen LogP contribution < -0.4 is 15.4 Å². The quantitative estimate of drug-likeness (QED) is 0.594. The van der Waals surface area contributed by atoms with Gasteiger partial charge in [0.25, 0.3) is 10.0 Å². The van der Waals surface area contributed by atoms with Crippen molar-refractivity contribution in [1.29, 1.82) is 0 Å². The number of aliphatic imine (C=N–C) groups is 1. The smallest absolute Gasteiger partial charge is 0.264 e. The number of carbonyl (C=O) groups is 1. The molecule has 9 nitrogen and oxygen atoms in total. The van der Waals surface area contributed by atoms with Crippen LogP contribution >= 0.6 is 0 Å². The van der Waals surface area contributed by atoms with Gasteiger partial charge in [0.05, 0.1) is 18.2 Å². The number of piperidine rings is 1. The fraction of sp³-hybridized carbons (Fsp3) is 0.391. The highest BCUT2D eigenvalue weighted by Gasteiger charge is 2.27. The molecule has 3 N–H and O–H groups in total. The zero-order valence-corrected chi connectivity index (χ0v) is 19.5. The van der Waals surface area contributed by atoms with E-state index < -0.39 is 10.0 Å². The van der Waals surface area contributed by atoms with Gasteiger partial charge in [0.15, 0.2) is 0 Å². The maximum atomic E-state index is 12.7. The Morgan fingerprint density at radius 1 is 1.09 bits per heavy atom. The standard InChI is InChI=1S/C23H30N6O3S/c1-18(30)26-20-7-9-22(10-8-20)33(31,32)27-23-24-16-29(17-25-23)21-11-13-28(14-12-21)15-19-5-3-2-4-6-19/h2-10,21H,11-17H2,1H3,(H,26,30)(H2,24,25,27). The van der Waals surface area contributed by atoms with Gasteiger partial charge in [-0.05, 0) is 55.8 Å². The molecule has 1 amide bonds. The summed E-state index contributed by atoms with van der Waals surface area (Å²) in [7, 11) is -3.77. The zero-order valence-electron chi connectivity index (χ0n) is 18.7. The van der Waals surface area contributed by atoms with Crippen LogP contribution in [0.3, 0.4) is 0 Å². The maximum absolute atomic E-state index is 12.7. The fourth-order valence-electron chi connectivity index (χ4n) is 4.15. The highest BCUT2D eigenvalue weighted by Crippen LogP contribution is 2.19. The molecule has 0 unspecified atom stereocenters. The molecular weight excluding hydrogens is 440 g/mol. The fourth-order valence-corrected chi connectivity index (χ4v) is 5.15. The number of amides is 1. The normalized spacial score (nSPS) is 18.3. The summed E-state index contributed by atoms with van der Waals surface area (Å²) in [4.78, 5) is 20.4. The average molecular weight is 471 g/mol. The monoisotopic (exact) mass is 470 g/mol. The van der Waals surface area contributed by atoms with Crippen LogP contribution in [0.1, 0.15) is 25.3 Å². The van der Waals surface area contributed by atoms with Crippen molar-refractivity contribution in [3.05, 3.63) is 60.2 Å². The summed E-state index contributed by atoms with van der Waals surface area (Å²) in [6.07, 6.45) is 2.12. The molecule has 0 radical (unpaired) electrons. The Morgan fingerprint density at radius 2 is 1.79 bits per heavy atom. The van der Waals surface area contributed by atoms with Gasteiger partial charge in [0, 0.05) is 25.2 Å². The Labute approximate surface area is 194 Å². The molecule has 0 atom stereocenters. The minimum atomic E-state index is -3.77. The summed E-state index contributed by atoms with van der Waals surface area (Å²) < 4.78 is 27.8. The van der Waals surface area contributed by atoms with E-state index in [9.17, 15) is 13.2 Å². The number of carbonyl (C=O) groups excluding carboxylic acids is 1. The van der Waals surface area contributed by atoms with E-state index >= 15 is 0 Å². The van der Waals surface area contributed by atoms with Gasteiger partial charge in [-0.15, -0.1) is 0 Å². The Bertz CT molecular complexity index is 1080. The molecule has 2 aromatic rings. The lowest BCUT2D eigenvalue weighted by Gasteiger charge is -2.39. The van der Waals surface area contributed by atoms with Gasteiger partial charge >= 0.3 is 0 Å². The number of hydrogen-bond acceptors (Lipinski definition) is 7. The number of nitrogens with one attached hydrogen (secondary N) is 3. The predicted molar refractivity (Wildman–Crippen MR) is 128 cm³/mol. The molecule has 2 aromatic carbocycles. The number of likely N-dealkylation sites (tertiary alicyclic amines) is 1. The van der Waals surface area contributed by atoms with E-state index in [0.29, 0.717) is 25.1 Å². The summed E-state index contributed by atoms with van der Waals surface area (Å²) in [5.74, 6) is 0.0367. The number of rotatable bonds is 6. The molecule has 176 valence electrons. The Balaban J connectivity index is 1.27. The summed E-state index contributed by atoms with van der Waals surface area (Å²) >= 11 is 0. The van der Waals surface area contributed by atoms with Gasteiger partial charge in [0.1, 0.15) is 0 Å². The van der Waals surface area contributed by atoms with Crippen molar-refractivity contribution < 1.29 is 13.2 Å². The first-order chi connectivity index (χ1) is 15.9. The first kappa shape index (κ1) is 23.2. The SMILES string of the molecule is CC(=O)Nc1ccc(S(=O)(=O)NC2=NCN(C3CCN(Cc4ccccc4)CC3)CN2)cc1. The van der Waals surface area contributed by atoms with Gasteiger partial charge in [-0.2, -0.15) is 0 Å². The number of nitrogens with zero attached hydrogens (tertiary/aromatic N) is 3. The molecule has 4 rings (SSSR count). The Morgan fingerprint density at radius 3 is 2.39 bits per heavy atom. The third kappa shape index (κ3) is 6.31. The maximum Gasteiger partial charge on any atom is 0.264 e. The van der Waals surface area contributed by atoms with Crippen LogP contribution in [0.5, 0.6) is 0 Å². The molecule has 0 spiro atoms. The second-order valence-electron chi connectivity index (χ2n) is 8.38. The van der Waals surface area contributed by atoms with Crippen LogP contribution in [-0.4, -0.2) is 62.6 Å². The van der Waals surface area contributed by atoms with Crippen molar-refractivity contribution in [1.82, 2.24) is 19.8 Å². The van der Waals surface area contributed by atoms with Gasteiger partial charge in [0.2, 0.25) is 11.9 Å². The van der Waals surface area contributed by atoms with Crippen LogP contribution in [0.2, 0.25) is 0 Å². The van der Waals surface area contributed by atoms with Crippen molar-refractivity contribution >= 4 is 27.6 Å². The summed E-state index contributed by atoms with van der Waals surface area (Å²) in [5.41, 5.74) is 1.88. The number of anilines is 1. The van der Waals surface area contributed by atoms with Crippen LogP contribution in [0.4, 0.5) is 5.69 Å². The molecule has 1 saturated heterocycles. The molecule has 0 aliphatic carbocycles. The van der Waals surface area contributed by atoms with Crippen molar-refractivity contribution in [3.8, 4) is 0 Å². The van der Waals surface area contributed by atoms with Gasteiger partial charge < -0.3 is 10.6 Å². The van der Waals surface area contributed by atoms with Crippen LogP contribution in [0, 0.1) is 0 Å². The molecule has 0 saturated carbocycles. The first-order valence-corrected chi connectivity index (χ1v) is 12.6. The van der Waals surface area contributed by atoms with Crippen molar-refractivity contribution in [2.24, 2.45) is 4.99 Å². The lowest BCUT2D eigenvalue weighted by atomic mass is 10.0. The summed E-state index contributed by atoms with van der Waals surface area (Å²) in [5, 5.41) is 5.71. The molecule has 2 aliphatic rings. The van der Waals surface area contributed by atoms with E-state index in [4.69, 9.17) is 0 Å². The largest absolute Gasteiger partial charge is 0.343 e. The Hall–Kier alpha value is -2.95. The van der Waals surface area contributed by atoms with Gasteiger partial charge in [-0.3, -0.25) is 14.6 Å². The number of hydrogen-bond donors (Lipinski definition) is 3. The number of benzene rings is 2. The van der Waals surface area contributed by atoms with Crippen molar-refractivity contribution in [2.75, 3.05) is 31.7 Å². The average Bonchev–Trinajstić information content (AvgIpc) is 2.81. The highest BCUT2D eigenvalue weighted by molar-refractivity contribution is 7.90. The molecule has 2 heterocycles. The van der Waals surface area contributed by atoms with Gasteiger partial charge in [-0.1, -0.05) is 30.3 Å². The van der Waals surface area contributed by atoms with Crippen molar-refractivity contribution in [2.45, 2.75) is 37.2 Å². The molecule has 2 aliphatic heterocycles. The van der Waals surface area contributed by atoms with E-state index in [-0.39, 0.29) is 16.8 Å². The zero-order chi connectivity index (χ0) is 23.3. The molecule has 0 bridgehead atoms. The molecule has 1 fully saturated rings. The molecule has 10 heteroatoms. The Kier molecular flexibility index (Phi) is 7.26. The van der Waals surface area contributed by atoms with E-state index in [0.717, 1.165) is 32.5 Å². The van der Waals surface area contributed by atoms with Crippen LogP contribution in [0.25, 0.3) is 0 Å². The highest BCUT2D eigenvalue weighted by atomic mass is 32.2. The topological polar surface area (TPSA) is 106 Å². The predicted octanol–water partition coefficient (Wildman–Crippen LogP) is 1.76. The third-order valence-electron chi connectivity index (χ3n) is 5.90. The van der Waals surface area contributed by atoms with Crippen LogP contribution in [-0.2, 0) is 21.4 Å². The van der Waals surface area contributed by atoms with E-state index in [1.54, 1.807) is 12.1 Å².